The molecule has 1 unspecified atom stereocenters. The van der Waals surface area contributed by atoms with Gasteiger partial charge in [-0.15, -0.1) is 0 Å². The van der Waals surface area contributed by atoms with Crippen LogP contribution in [0.25, 0.3) is 0 Å². The molecule has 6 heteroatoms. The minimum Gasteiger partial charge on any atom is -0.481 e. The van der Waals surface area contributed by atoms with Gasteiger partial charge in [-0.3, -0.25) is 10.1 Å². The van der Waals surface area contributed by atoms with Gasteiger partial charge in [0.1, 0.15) is 5.82 Å². The van der Waals surface area contributed by atoms with Gasteiger partial charge in [-0.25, -0.2) is 9.78 Å². The van der Waals surface area contributed by atoms with E-state index in [1.165, 1.54) is 0 Å². The van der Waals surface area contributed by atoms with Crippen molar-refractivity contribution in [1.29, 1.82) is 0 Å². The monoisotopic (exact) mass is 341 g/mol. The number of carboxylic acid groups (broad SMARTS) is 1. The van der Waals surface area contributed by atoms with Crippen molar-refractivity contribution in [2.24, 2.45) is 0 Å². The molecule has 3 N–H and O–H groups in total. The van der Waals surface area contributed by atoms with Gasteiger partial charge in [-0.1, -0.05) is 30.3 Å². The van der Waals surface area contributed by atoms with Crippen molar-refractivity contribution in [1.82, 2.24) is 10.3 Å². The van der Waals surface area contributed by atoms with Crippen LogP contribution in [0.5, 0.6) is 0 Å². The molecule has 1 aromatic carbocycles. The Morgan fingerprint density at radius 3 is 2.52 bits per heavy atom. The number of anilines is 1. The number of pyridine rings is 1. The molecule has 2 aromatic rings. The molecule has 0 bridgehead atoms. The van der Waals surface area contributed by atoms with E-state index in [2.05, 4.69) is 15.6 Å². The van der Waals surface area contributed by atoms with Crippen molar-refractivity contribution in [3.63, 3.8) is 0 Å². The van der Waals surface area contributed by atoms with E-state index in [1.807, 2.05) is 50.2 Å². The lowest BCUT2D eigenvalue weighted by Crippen LogP contribution is -2.39. The molecule has 2 amide bonds. The third-order valence-electron chi connectivity index (χ3n) is 3.71. The number of carboxylic acids is 1. The second-order valence-electron chi connectivity index (χ2n) is 6.09. The molecule has 0 aliphatic rings. The number of hydrogen-bond acceptors (Lipinski definition) is 3. The van der Waals surface area contributed by atoms with Crippen molar-refractivity contribution >= 4 is 17.8 Å². The zero-order valence-electron chi connectivity index (χ0n) is 14.5. The minimum atomic E-state index is -0.878. The number of aliphatic carboxylic acids is 1. The fourth-order valence-corrected chi connectivity index (χ4v) is 2.66. The van der Waals surface area contributed by atoms with Crippen molar-refractivity contribution in [3.8, 4) is 0 Å². The largest absolute Gasteiger partial charge is 0.481 e. The van der Waals surface area contributed by atoms with E-state index in [1.54, 1.807) is 6.07 Å². The number of carbonyl (C=O) groups is 2. The number of benzene rings is 1. The maximum Gasteiger partial charge on any atom is 0.320 e. The van der Waals surface area contributed by atoms with Crippen LogP contribution in [-0.2, 0) is 11.2 Å². The highest BCUT2D eigenvalue weighted by atomic mass is 16.4. The molecular weight excluding hydrogens is 318 g/mol. The zero-order valence-corrected chi connectivity index (χ0v) is 14.5. The summed E-state index contributed by atoms with van der Waals surface area (Å²) in [6.45, 7) is 3.80. The molecule has 1 aromatic heterocycles. The van der Waals surface area contributed by atoms with Crippen LogP contribution in [0.1, 0.15) is 29.7 Å². The van der Waals surface area contributed by atoms with Gasteiger partial charge < -0.3 is 10.4 Å². The summed E-state index contributed by atoms with van der Waals surface area (Å²) in [5.74, 6) is -0.400. The van der Waals surface area contributed by atoms with Gasteiger partial charge in [-0.2, -0.15) is 0 Å². The van der Waals surface area contributed by atoms with Gasteiger partial charge in [0.2, 0.25) is 0 Å². The summed E-state index contributed by atoms with van der Waals surface area (Å²) < 4.78 is 0. The van der Waals surface area contributed by atoms with Gasteiger partial charge >= 0.3 is 12.0 Å². The van der Waals surface area contributed by atoms with Gasteiger partial charge in [0, 0.05) is 18.2 Å². The molecule has 0 spiro atoms. The predicted molar refractivity (Wildman–Crippen MR) is 96.7 cm³/mol. The molecule has 0 fully saturated rings. The summed E-state index contributed by atoms with van der Waals surface area (Å²) in [7, 11) is 0. The Morgan fingerprint density at radius 1 is 1.16 bits per heavy atom. The van der Waals surface area contributed by atoms with Crippen molar-refractivity contribution in [2.45, 2.75) is 39.2 Å². The molecule has 132 valence electrons. The van der Waals surface area contributed by atoms with Crippen LogP contribution in [0.2, 0.25) is 0 Å². The van der Waals surface area contributed by atoms with E-state index < -0.39 is 5.97 Å². The molecule has 0 saturated heterocycles. The van der Waals surface area contributed by atoms with Crippen LogP contribution in [0.15, 0.2) is 42.5 Å². The number of nitrogens with zero attached hydrogens (tertiary/aromatic N) is 1. The van der Waals surface area contributed by atoms with Crippen LogP contribution < -0.4 is 10.6 Å². The maximum atomic E-state index is 12.3. The normalized spacial score (nSPS) is 11.6. The highest BCUT2D eigenvalue weighted by Gasteiger charge is 2.15. The van der Waals surface area contributed by atoms with E-state index in [-0.39, 0.29) is 18.5 Å². The van der Waals surface area contributed by atoms with E-state index in [0.29, 0.717) is 18.7 Å². The quantitative estimate of drug-likeness (QED) is 0.720. The number of rotatable bonds is 7. The number of aromatic nitrogens is 1. The number of carbonyl (C=O) groups excluding carboxylic acids is 1. The first-order chi connectivity index (χ1) is 11.9. The van der Waals surface area contributed by atoms with E-state index >= 15 is 0 Å². The van der Waals surface area contributed by atoms with Crippen LogP contribution in [-0.4, -0.2) is 28.1 Å². The number of nitrogens with one attached hydrogen (secondary N) is 2. The third kappa shape index (κ3) is 6.63. The van der Waals surface area contributed by atoms with E-state index in [4.69, 9.17) is 5.11 Å². The highest BCUT2D eigenvalue weighted by Crippen LogP contribution is 2.11. The fraction of sp³-hybridized carbons (Fsp3) is 0.316. The average molecular weight is 341 g/mol. The molecule has 1 heterocycles. The number of hydrogen-bond donors (Lipinski definition) is 3. The number of aryl methyl sites for hydroxylation is 2. The van der Waals surface area contributed by atoms with Gasteiger partial charge in [0.25, 0.3) is 0 Å². The smallest absolute Gasteiger partial charge is 0.320 e. The Balaban J connectivity index is 2.01. The van der Waals surface area contributed by atoms with Crippen molar-refractivity contribution < 1.29 is 14.7 Å². The highest BCUT2D eigenvalue weighted by molar-refractivity contribution is 5.88. The summed E-state index contributed by atoms with van der Waals surface area (Å²) in [5, 5.41) is 14.5. The van der Waals surface area contributed by atoms with Gasteiger partial charge in [0.05, 0.1) is 0 Å². The second kappa shape index (κ2) is 8.82. The number of amides is 2. The summed E-state index contributed by atoms with van der Waals surface area (Å²) in [4.78, 5) is 27.4. The molecular formula is C19H23N3O3. The van der Waals surface area contributed by atoms with Crippen LogP contribution in [0.3, 0.4) is 0 Å². The van der Waals surface area contributed by atoms with Crippen LogP contribution >= 0.6 is 0 Å². The molecule has 2 rings (SSSR count). The molecule has 25 heavy (non-hydrogen) atoms. The zero-order chi connectivity index (χ0) is 18.2. The maximum absolute atomic E-state index is 12.3. The topological polar surface area (TPSA) is 91.3 Å². The minimum absolute atomic E-state index is 0.000413. The van der Waals surface area contributed by atoms with Gasteiger partial charge in [0.15, 0.2) is 0 Å². The standard InChI is InChI=1S/C19H23N3O3/c1-13-10-14(2)20-17(11-13)22-19(25)21-16(8-9-18(23)24)12-15-6-4-3-5-7-15/h3-7,10-11,16H,8-9,12H2,1-2H3,(H,23,24)(H2,20,21,22,25). The average Bonchev–Trinajstić information content (AvgIpc) is 2.52. The van der Waals surface area contributed by atoms with E-state index in [9.17, 15) is 9.59 Å². The Morgan fingerprint density at radius 2 is 1.88 bits per heavy atom. The molecule has 0 aliphatic heterocycles. The first-order valence-electron chi connectivity index (χ1n) is 8.21. The molecule has 1 atom stereocenters. The first kappa shape index (κ1) is 18.4. The lowest BCUT2D eigenvalue weighted by Gasteiger charge is -2.18. The van der Waals surface area contributed by atoms with E-state index in [0.717, 1.165) is 16.8 Å². The van der Waals surface area contributed by atoms with Crippen LogP contribution in [0, 0.1) is 13.8 Å². The third-order valence-corrected chi connectivity index (χ3v) is 3.71. The van der Waals surface area contributed by atoms with Crippen molar-refractivity contribution in [3.05, 3.63) is 59.3 Å². The van der Waals surface area contributed by atoms with Crippen LogP contribution in [0.4, 0.5) is 10.6 Å². The Labute approximate surface area is 147 Å². The molecule has 6 nitrogen and oxygen atoms in total. The summed E-state index contributed by atoms with van der Waals surface area (Å²) in [6, 6.07) is 12.7. The summed E-state index contributed by atoms with van der Waals surface area (Å²) in [5.41, 5.74) is 2.87. The summed E-state index contributed by atoms with van der Waals surface area (Å²) in [6.07, 6.45) is 0.930. The number of urea groups is 1. The lowest BCUT2D eigenvalue weighted by molar-refractivity contribution is -0.137. The fourth-order valence-electron chi connectivity index (χ4n) is 2.66. The SMILES string of the molecule is Cc1cc(C)nc(NC(=O)NC(CCC(=O)O)Cc2ccccc2)c1. The Kier molecular flexibility index (Phi) is 6.51. The second-order valence-corrected chi connectivity index (χ2v) is 6.09. The Hall–Kier alpha value is -2.89. The Bertz CT molecular complexity index is 712. The van der Waals surface area contributed by atoms with Gasteiger partial charge in [-0.05, 0) is 49.9 Å². The molecule has 0 aliphatic carbocycles. The lowest BCUT2D eigenvalue weighted by atomic mass is 10.0. The summed E-state index contributed by atoms with van der Waals surface area (Å²) >= 11 is 0. The predicted octanol–water partition coefficient (Wildman–Crippen LogP) is 3.30. The first-order valence-corrected chi connectivity index (χ1v) is 8.21. The van der Waals surface area contributed by atoms with Crippen molar-refractivity contribution in [2.75, 3.05) is 5.32 Å². The molecule has 0 saturated carbocycles. The molecule has 0 radical (unpaired) electrons.